The van der Waals surface area contributed by atoms with Gasteiger partial charge in [-0.15, -0.1) is 0 Å². The molecule has 0 spiro atoms. The third kappa shape index (κ3) is 6.62. The molecule has 0 saturated heterocycles. The van der Waals surface area contributed by atoms with Crippen LogP contribution in [0.25, 0.3) is 5.57 Å². The third-order valence-corrected chi connectivity index (χ3v) is 4.90. The van der Waals surface area contributed by atoms with Gasteiger partial charge in [0.15, 0.2) is 5.76 Å². The molecule has 1 aliphatic carbocycles. The number of benzene rings is 1. The first-order chi connectivity index (χ1) is 16.5. The van der Waals surface area contributed by atoms with Gasteiger partial charge in [-0.3, -0.25) is 9.78 Å². The van der Waals surface area contributed by atoms with Crippen molar-refractivity contribution in [3.05, 3.63) is 65.2 Å². The molecular formula is C25H26F3N3O4. The summed E-state index contributed by atoms with van der Waals surface area (Å²) in [6.45, 7) is 7.09. The Labute approximate surface area is 201 Å². The Kier molecular flexibility index (Phi) is 7.83. The summed E-state index contributed by atoms with van der Waals surface area (Å²) in [4.78, 5) is 28.8. The molecule has 10 heteroatoms. The van der Waals surface area contributed by atoms with E-state index >= 15 is 0 Å². The van der Waals surface area contributed by atoms with Crippen molar-refractivity contribution in [2.75, 3.05) is 17.2 Å². The number of nitrogens with one attached hydrogen (secondary N) is 2. The average molecular weight is 489 g/mol. The Morgan fingerprint density at radius 3 is 2.54 bits per heavy atom. The van der Waals surface area contributed by atoms with E-state index in [9.17, 15) is 22.8 Å². The van der Waals surface area contributed by atoms with Crippen LogP contribution in [0.1, 0.15) is 44.1 Å². The van der Waals surface area contributed by atoms with Crippen LogP contribution in [-0.4, -0.2) is 29.5 Å². The highest BCUT2D eigenvalue weighted by molar-refractivity contribution is 6.01. The zero-order chi connectivity index (χ0) is 25.8. The van der Waals surface area contributed by atoms with Gasteiger partial charge in [0.2, 0.25) is 5.78 Å². The number of carbonyl (C=O) groups excluding carboxylic acids is 2. The van der Waals surface area contributed by atoms with Gasteiger partial charge in [-0.1, -0.05) is 6.08 Å². The van der Waals surface area contributed by atoms with E-state index in [1.807, 2.05) is 0 Å². The molecule has 7 nitrogen and oxygen atoms in total. The number of nitrogens with zero attached hydrogens (tertiary/aromatic N) is 1. The molecule has 0 unspecified atom stereocenters. The first-order valence-electron chi connectivity index (χ1n) is 11.0. The fourth-order valence-corrected chi connectivity index (χ4v) is 3.36. The molecule has 2 aromatic rings. The molecule has 1 aliphatic rings. The monoisotopic (exact) mass is 489 g/mol. The van der Waals surface area contributed by atoms with E-state index < -0.39 is 23.9 Å². The van der Waals surface area contributed by atoms with Crippen LogP contribution in [0.15, 0.2) is 48.2 Å². The van der Waals surface area contributed by atoms with Gasteiger partial charge in [-0.2, -0.15) is 13.2 Å². The number of carbonyl (C=O) groups is 2. The summed E-state index contributed by atoms with van der Waals surface area (Å²) in [6, 6.07) is 5.90. The third-order valence-electron chi connectivity index (χ3n) is 4.90. The van der Waals surface area contributed by atoms with Crippen molar-refractivity contribution in [2.45, 2.75) is 46.4 Å². The summed E-state index contributed by atoms with van der Waals surface area (Å²) in [5.41, 5.74) is 1.15. The van der Waals surface area contributed by atoms with Crippen molar-refractivity contribution >= 4 is 28.8 Å². The second kappa shape index (κ2) is 10.6. The number of anilines is 2. The topological polar surface area (TPSA) is 89.6 Å². The van der Waals surface area contributed by atoms with Gasteiger partial charge in [0.1, 0.15) is 5.75 Å². The van der Waals surface area contributed by atoms with Gasteiger partial charge in [-0.05, 0) is 64.1 Å². The Bertz CT molecular complexity index is 1190. The molecule has 0 bridgehead atoms. The van der Waals surface area contributed by atoms with Gasteiger partial charge in [0, 0.05) is 17.7 Å². The molecule has 0 fully saturated rings. The predicted molar refractivity (Wildman–Crippen MR) is 126 cm³/mol. The number of ether oxygens (including phenoxy) is 2. The number of aryl methyl sites for hydroxylation is 1. The molecule has 1 aromatic carbocycles. The van der Waals surface area contributed by atoms with Gasteiger partial charge < -0.3 is 20.1 Å². The average Bonchev–Trinajstić information content (AvgIpc) is 2.77. The zero-order valence-corrected chi connectivity index (χ0v) is 19.7. The Hall–Kier alpha value is -3.82. The highest BCUT2D eigenvalue weighted by Gasteiger charge is 2.35. The minimum atomic E-state index is -4.65. The lowest BCUT2D eigenvalue weighted by molar-refractivity contribution is -0.139. The van der Waals surface area contributed by atoms with Crippen molar-refractivity contribution in [1.82, 2.24) is 4.98 Å². The molecule has 1 heterocycles. The standard InChI is InChI=1S/C25H26F3N3O4/c1-5-34-23-12-16(6-10-21(23)32)20-9-8-19(15(4)29-20)31-24(33)30-17-7-11-22(35-14(2)3)18(13-17)25(26,27)28/h6-9,11-14H,5,10H2,1-4H3,(H2,30,31,33). The molecule has 1 aromatic heterocycles. The van der Waals surface area contributed by atoms with Crippen LogP contribution in [0.2, 0.25) is 0 Å². The van der Waals surface area contributed by atoms with Crippen LogP contribution in [0, 0.1) is 6.92 Å². The predicted octanol–water partition coefficient (Wildman–Crippen LogP) is 6.12. The van der Waals surface area contributed by atoms with E-state index in [0.717, 1.165) is 11.6 Å². The van der Waals surface area contributed by atoms with Gasteiger partial charge in [0.25, 0.3) is 0 Å². The normalized spacial score (nSPS) is 13.8. The number of halogens is 3. The molecule has 0 aliphatic heterocycles. The van der Waals surface area contributed by atoms with Crippen molar-refractivity contribution in [3.63, 3.8) is 0 Å². The summed E-state index contributed by atoms with van der Waals surface area (Å²) in [5.74, 6) is -0.150. The minimum Gasteiger partial charge on any atom is -0.490 e. The number of allylic oxidation sites excluding steroid dienone is 4. The van der Waals surface area contributed by atoms with E-state index in [1.54, 1.807) is 52.0 Å². The minimum absolute atomic E-state index is 0.0428. The van der Waals surface area contributed by atoms with Crippen LogP contribution < -0.4 is 15.4 Å². The summed E-state index contributed by atoms with van der Waals surface area (Å²) in [6.07, 6.45) is -1.52. The van der Waals surface area contributed by atoms with Crippen LogP contribution >= 0.6 is 0 Å². The van der Waals surface area contributed by atoms with Gasteiger partial charge >= 0.3 is 12.2 Å². The number of ketones is 1. The van der Waals surface area contributed by atoms with Crippen LogP contribution in [0.4, 0.5) is 29.3 Å². The van der Waals surface area contributed by atoms with Crippen molar-refractivity contribution in [3.8, 4) is 5.75 Å². The second-order valence-electron chi connectivity index (χ2n) is 8.01. The van der Waals surface area contributed by atoms with Crippen LogP contribution in [0.5, 0.6) is 5.75 Å². The lowest BCUT2D eigenvalue weighted by atomic mass is 10.0. The summed E-state index contributed by atoms with van der Waals surface area (Å²) >= 11 is 0. The summed E-state index contributed by atoms with van der Waals surface area (Å²) in [5, 5.41) is 5.00. The second-order valence-corrected chi connectivity index (χ2v) is 8.01. The smallest absolute Gasteiger partial charge is 0.420 e. The van der Waals surface area contributed by atoms with Crippen molar-refractivity contribution < 1.29 is 32.2 Å². The summed E-state index contributed by atoms with van der Waals surface area (Å²) < 4.78 is 50.9. The number of Topliss-reactive ketones (excluding diaryl/α,β-unsaturated/α-hetero) is 1. The number of hydrogen-bond acceptors (Lipinski definition) is 5. The van der Waals surface area contributed by atoms with Gasteiger partial charge in [0.05, 0.1) is 35.3 Å². The molecule has 0 saturated carbocycles. The number of urea groups is 1. The maximum Gasteiger partial charge on any atom is 0.420 e. The molecule has 0 atom stereocenters. The fourth-order valence-electron chi connectivity index (χ4n) is 3.36. The largest absolute Gasteiger partial charge is 0.490 e. The van der Waals surface area contributed by atoms with E-state index in [2.05, 4.69) is 15.6 Å². The molecule has 35 heavy (non-hydrogen) atoms. The first kappa shape index (κ1) is 25.8. The van der Waals surface area contributed by atoms with E-state index in [1.165, 1.54) is 12.1 Å². The number of hydrogen-bond donors (Lipinski definition) is 2. The number of aromatic nitrogens is 1. The van der Waals surface area contributed by atoms with E-state index in [4.69, 9.17) is 9.47 Å². The molecule has 2 N–H and O–H groups in total. The van der Waals surface area contributed by atoms with Crippen LogP contribution in [0.3, 0.4) is 0 Å². The highest BCUT2D eigenvalue weighted by atomic mass is 19.4. The quantitative estimate of drug-likeness (QED) is 0.489. The molecular weight excluding hydrogens is 463 g/mol. The number of pyridine rings is 1. The van der Waals surface area contributed by atoms with E-state index in [-0.39, 0.29) is 29.4 Å². The zero-order valence-electron chi connectivity index (χ0n) is 19.7. The number of rotatable bonds is 7. The SMILES string of the molecule is CCOC1=CC(c2ccc(NC(=O)Nc3ccc(OC(C)C)c(C(F)(F)F)c3)c(C)n2)=CCC1=O. The molecule has 3 rings (SSSR count). The Morgan fingerprint density at radius 1 is 1.17 bits per heavy atom. The molecule has 186 valence electrons. The van der Waals surface area contributed by atoms with E-state index in [0.29, 0.717) is 23.7 Å². The highest BCUT2D eigenvalue weighted by Crippen LogP contribution is 2.38. The lowest BCUT2D eigenvalue weighted by Crippen LogP contribution is -2.21. The Morgan fingerprint density at radius 2 is 1.91 bits per heavy atom. The maximum absolute atomic E-state index is 13.4. The number of amides is 2. The number of alkyl halides is 3. The fraction of sp³-hybridized carbons (Fsp3) is 0.320. The Balaban J connectivity index is 1.74. The van der Waals surface area contributed by atoms with Gasteiger partial charge in [-0.25, -0.2) is 4.79 Å². The first-order valence-corrected chi connectivity index (χ1v) is 11.0. The molecule has 2 amide bonds. The van der Waals surface area contributed by atoms with Crippen molar-refractivity contribution in [1.29, 1.82) is 0 Å². The lowest BCUT2D eigenvalue weighted by Gasteiger charge is -2.18. The summed E-state index contributed by atoms with van der Waals surface area (Å²) in [7, 11) is 0. The van der Waals surface area contributed by atoms with Crippen LogP contribution in [-0.2, 0) is 15.7 Å². The molecule has 0 radical (unpaired) electrons. The van der Waals surface area contributed by atoms with Crippen molar-refractivity contribution in [2.24, 2.45) is 0 Å². The maximum atomic E-state index is 13.4.